The molecule has 0 amide bonds. The van der Waals surface area contributed by atoms with Crippen molar-refractivity contribution >= 4 is 8.32 Å². The van der Waals surface area contributed by atoms with Gasteiger partial charge in [-0.15, -0.1) is 0 Å². The van der Waals surface area contributed by atoms with E-state index in [4.69, 9.17) is 14.9 Å². The molecule has 0 aliphatic heterocycles. The van der Waals surface area contributed by atoms with Gasteiger partial charge in [0.2, 0.25) is 0 Å². The van der Waals surface area contributed by atoms with Gasteiger partial charge in [0.1, 0.15) is 0 Å². The third kappa shape index (κ3) is 4.84. The van der Waals surface area contributed by atoms with Gasteiger partial charge in [-0.3, -0.25) is 0 Å². The Hall–Kier alpha value is -0.683. The molecule has 27 heavy (non-hydrogen) atoms. The van der Waals surface area contributed by atoms with Gasteiger partial charge in [-0.2, -0.15) is 0 Å². The van der Waals surface area contributed by atoms with Gasteiger partial charge in [0.05, 0.1) is 13.2 Å². The van der Waals surface area contributed by atoms with Crippen LogP contribution < -0.4 is 5.73 Å². The molecule has 2 fully saturated rings. The fourth-order valence-corrected chi connectivity index (χ4v) is 7.03. The average molecular weight is 390 g/mol. The zero-order chi connectivity index (χ0) is 19.5. The molecule has 2 saturated carbocycles. The second-order valence-corrected chi connectivity index (χ2v) is 14.7. The highest BCUT2D eigenvalue weighted by atomic mass is 28.4. The van der Waals surface area contributed by atoms with Crippen molar-refractivity contribution in [3.05, 3.63) is 35.9 Å². The summed E-state index contributed by atoms with van der Waals surface area (Å²) in [5, 5.41) is 0. The maximum Gasteiger partial charge on any atom is 0.184 e. The van der Waals surface area contributed by atoms with E-state index < -0.39 is 8.32 Å². The molecule has 3 nitrogen and oxygen atoms in total. The Morgan fingerprint density at radius 3 is 2.44 bits per heavy atom. The van der Waals surface area contributed by atoms with Gasteiger partial charge in [-0.1, -0.05) is 50.1 Å². The molecule has 0 spiro atoms. The molecule has 4 heteroatoms. The minimum absolute atomic E-state index is 0.0481. The van der Waals surface area contributed by atoms with Crippen molar-refractivity contribution in [2.24, 2.45) is 22.5 Å². The van der Waals surface area contributed by atoms with Crippen LogP contribution in [0.5, 0.6) is 0 Å². The number of rotatable bonds is 7. The first-order valence-corrected chi connectivity index (χ1v) is 14.2. The first-order valence-electron chi connectivity index (χ1n) is 10.8. The van der Waals surface area contributed by atoms with Gasteiger partial charge in [-0.05, 0) is 62.2 Å². The van der Waals surface area contributed by atoms with E-state index in [-0.39, 0.29) is 5.41 Å². The number of benzene rings is 1. The fourth-order valence-electron chi connectivity index (χ4n) is 5.87. The molecule has 0 heterocycles. The Kier molecular flexibility index (Phi) is 6.51. The largest absolute Gasteiger partial charge is 0.414 e. The summed E-state index contributed by atoms with van der Waals surface area (Å²) in [5.74, 6) is 0.514. The molecule has 4 atom stereocenters. The van der Waals surface area contributed by atoms with Crippen LogP contribution in [-0.4, -0.2) is 27.6 Å². The molecular formula is C23H39NO2Si. The molecule has 1 aromatic carbocycles. The molecule has 2 aliphatic rings. The average Bonchev–Trinajstić information content (AvgIpc) is 2.61. The molecule has 2 aliphatic carbocycles. The molecule has 2 N–H and O–H groups in total. The van der Waals surface area contributed by atoms with Crippen LogP contribution in [0.15, 0.2) is 30.3 Å². The molecule has 152 valence electrons. The predicted molar refractivity (Wildman–Crippen MR) is 115 cm³/mol. The maximum atomic E-state index is 6.76. The van der Waals surface area contributed by atoms with Gasteiger partial charge >= 0.3 is 0 Å². The second-order valence-electron chi connectivity index (χ2n) is 10.2. The summed E-state index contributed by atoms with van der Waals surface area (Å²) in [4.78, 5) is 0. The SMILES string of the molecule is C[C@@]12CCC[C@@H](O[Si](C)(C)C)[C@H]1[C@](CN)(COCc1ccccc1)CCC2. The third-order valence-corrected chi connectivity index (χ3v) is 7.86. The summed E-state index contributed by atoms with van der Waals surface area (Å²) in [6.07, 6.45) is 7.87. The molecule has 0 unspecified atom stereocenters. The van der Waals surface area contributed by atoms with E-state index in [1.165, 1.54) is 44.1 Å². The van der Waals surface area contributed by atoms with E-state index in [2.05, 4.69) is 56.9 Å². The van der Waals surface area contributed by atoms with Crippen molar-refractivity contribution < 1.29 is 9.16 Å². The van der Waals surface area contributed by atoms with Crippen molar-refractivity contribution in [1.82, 2.24) is 0 Å². The number of ether oxygens (including phenoxy) is 1. The molecule has 0 bridgehead atoms. The maximum absolute atomic E-state index is 6.76. The molecule has 1 aromatic rings. The highest BCUT2D eigenvalue weighted by Gasteiger charge is 2.56. The Bertz CT molecular complexity index is 598. The van der Waals surface area contributed by atoms with Crippen molar-refractivity contribution in [3.8, 4) is 0 Å². The normalized spacial score (nSPS) is 34.3. The topological polar surface area (TPSA) is 44.5 Å². The predicted octanol–water partition coefficient (Wildman–Crippen LogP) is 5.36. The van der Waals surface area contributed by atoms with Gasteiger partial charge < -0.3 is 14.9 Å². The van der Waals surface area contributed by atoms with Crippen molar-refractivity contribution in [2.45, 2.75) is 77.8 Å². The summed E-state index contributed by atoms with van der Waals surface area (Å²) >= 11 is 0. The minimum Gasteiger partial charge on any atom is -0.414 e. The van der Waals surface area contributed by atoms with E-state index in [1.54, 1.807) is 0 Å². The molecule has 0 saturated heterocycles. The molecular weight excluding hydrogens is 350 g/mol. The van der Waals surface area contributed by atoms with Crippen LogP contribution in [0, 0.1) is 16.7 Å². The quantitative estimate of drug-likeness (QED) is 0.639. The van der Waals surface area contributed by atoms with E-state index in [9.17, 15) is 0 Å². The number of nitrogens with two attached hydrogens (primary N) is 1. The number of hydrogen-bond acceptors (Lipinski definition) is 3. The lowest BCUT2D eigenvalue weighted by Crippen LogP contribution is -2.59. The fraction of sp³-hybridized carbons (Fsp3) is 0.739. The summed E-state index contributed by atoms with van der Waals surface area (Å²) < 4.78 is 13.1. The Morgan fingerprint density at radius 1 is 1.07 bits per heavy atom. The van der Waals surface area contributed by atoms with Crippen molar-refractivity contribution in [3.63, 3.8) is 0 Å². The monoisotopic (exact) mass is 389 g/mol. The molecule has 0 radical (unpaired) electrons. The van der Waals surface area contributed by atoms with Gasteiger partial charge in [0, 0.05) is 18.1 Å². The van der Waals surface area contributed by atoms with Crippen LogP contribution >= 0.6 is 0 Å². The highest BCUT2D eigenvalue weighted by molar-refractivity contribution is 6.69. The van der Waals surface area contributed by atoms with Crippen LogP contribution in [0.2, 0.25) is 19.6 Å². The smallest absolute Gasteiger partial charge is 0.184 e. The number of fused-ring (bicyclic) bond motifs is 1. The zero-order valence-electron chi connectivity index (χ0n) is 17.8. The molecule has 3 rings (SSSR count). The second kappa shape index (κ2) is 8.36. The Morgan fingerprint density at radius 2 is 1.78 bits per heavy atom. The standard InChI is InChI=1S/C23H39NO2Si/c1-22-13-8-12-20(26-27(2,3)4)21(22)23(17-24,15-9-14-22)18-25-16-19-10-6-5-7-11-19/h5-7,10-11,20-21H,8-9,12-18,24H2,1-4H3/t20-,21-,22+,23-/m1/s1. The van der Waals surface area contributed by atoms with Crippen LogP contribution in [0.3, 0.4) is 0 Å². The molecule has 0 aromatic heterocycles. The highest BCUT2D eigenvalue weighted by Crippen LogP contribution is 2.58. The lowest BCUT2D eigenvalue weighted by Gasteiger charge is -2.59. The van der Waals surface area contributed by atoms with E-state index in [1.807, 2.05) is 0 Å². The van der Waals surface area contributed by atoms with E-state index >= 15 is 0 Å². The first-order chi connectivity index (χ1) is 12.8. The van der Waals surface area contributed by atoms with Gasteiger partial charge in [0.25, 0.3) is 0 Å². The van der Waals surface area contributed by atoms with Crippen molar-refractivity contribution in [1.29, 1.82) is 0 Å². The van der Waals surface area contributed by atoms with E-state index in [0.29, 0.717) is 30.6 Å². The Labute approximate surface area is 167 Å². The van der Waals surface area contributed by atoms with E-state index in [0.717, 1.165) is 6.61 Å². The van der Waals surface area contributed by atoms with Crippen molar-refractivity contribution in [2.75, 3.05) is 13.2 Å². The van der Waals surface area contributed by atoms with Crippen LogP contribution in [-0.2, 0) is 15.8 Å². The zero-order valence-corrected chi connectivity index (χ0v) is 18.8. The Balaban J connectivity index is 1.79. The van der Waals surface area contributed by atoms with Gasteiger partial charge in [-0.25, -0.2) is 0 Å². The third-order valence-electron chi connectivity index (χ3n) is 6.85. The summed E-state index contributed by atoms with van der Waals surface area (Å²) in [7, 11) is -1.59. The first kappa shape index (κ1) is 21.0. The minimum atomic E-state index is -1.59. The van der Waals surface area contributed by atoms with Gasteiger partial charge in [0.15, 0.2) is 8.32 Å². The van der Waals surface area contributed by atoms with Crippen LogP contribution in [0.1, 0.15) is 51.0 Å². The number of hydrogen-bond donors (Lipinski definition) is 1. The summed E-state index contributed by atoms with van der Waals surface area (Å²) in [6.45, 7) is 11.6. The summed E-state index contributed by atoms with van der Waals surface area (Å²) in [5.41, 5.74) is 8.11. The lowest BCUT2D eigenvalue weighted by molar-refractivity contribution is -0.141. The summed E-state index contributed by atoms with van der Waals surface area (Å²) in [6, 6.07) is 10.5. The van der Waals surface area contributed by atoms with Crippen LogP contribution in [0.4, 0.5) is 0 Å². The lowest BCUT2D eigenvalue weighted by atomic mass is 9.50. The van der Waals surface area contributed by atoms with Crippen LogP contribution in [0.25, 0.3) is 0 Å².